The number of aromatic nitrogens is 2. The summed E-state index contributed by atoms with van der Waals surface area (Å²) in [6.45, 7) is 3.75. The van der Waals surface area contributed by atoms with E-state index in [1.807, 2.05) is 31.2 Å². The van der Waals surface area contributed by atoms with Gasteiger partial charge in [0.15, 0.2) is 0 Å². The third-order valence-corrected chi connectivity index (χ3v) is 5.28. The van der Waals surface area contributed by atoms with Gasteiger partial charge in [-0.15, -0.1) is 0 Å². The number of benzene rings is 1. The molecule has 1 fully saturated rings. The molecule has 2 heterocycles. The third kappa shape index (κ3) is 4.27. The van der Waals surface area contributed by atoms with Crippen LogP contribution in [0.3, 0.4) is 0 Å². The number of aryl methyl sites for hydroxylation is 2. The van der Waals surface area contributed by atoms with E-state index in [1.165, 1.54) is 0 Å². The minimum atomic E-state index is -0.943. The van der Waals surface area contributed by atoms with E-state index in [4.69, 9.17) is 4.74 Å². The maximum absolute atomic E-state index is 12.8. The van der Waals surface area contributed by atoms with Gasteiger partial charge in [0.2, 0.25) is 5.91 Å². The molecule has 2 N–H and O–H groups in total. The number of nitrogens with zero attached hydrogens (tertiary/aromatic N) is 2. The fourth-order valence-corrected chi connectivity index (χ4v) is 3.90. The summed E-state index contributed by atoms with van der Waals surface area (Å²) in [5.41, 5.74) is 0.770. The minimum absolute atomic E-state index is 0.113. The Morgan fingerprint density at radius 3 is 2.32 bits per heavy atom. The lowest BCUT2D eigenvalue weighted by Gasteiger charge is -2.36. The van der Waals surface area contributed by atoms with Crippen molar-refractivity contribution in [1.82, 2.24) is 14.5 Å². The first-order chi connectivity index (χ1) is 13.5. The van der Waals surface area contributed by atoms with Crippen LogP contribution in [-0.2, 0) is 27.4 Å². The van der Waals surface area contributed by atoms with Gasteiger partial charge in [0.1, 0.15) is 0 Å². The number of aliphatic carboxylic acids is 1. The number of carbonyl (C=O) groups is 2. The Hall–Kier alpha value is -2.61. The van der Waals surface area contributed by atoms with E-state index >= 15 is 0 Å². The molecule has 28 heavy (non-hydrogen) atoms. The van der Waals surface area contributed by atoms with E-state index in [-0.39, 0.29) is 31.0 Å². The second kappa shape index (κ2) is 8.60. The van der Waals surface area contributed by atoms with E-state index in [0.717, 1.165) is 17.5 Å². The van der Waals surface area contributed by atoms with Crippen LogP contribution in [0.2, 0.25) is 0 Å². The standard InChI is InChI=1S/C20H27N3O5/c1-2-10-22-15-5-3-4-6-16(15)23(19(22)27)11-7-17(24)21-20(14-18(25)26)8-12-28-13-9-20/h3-6H,2,7-14H2,1H3,(H,21,24)(H,25,26). The van der Waals surface area contributed by atoms with Gasteiger partial charge in [-0.2, -0.15) is 0 Å². The highest BCUT2D eigenvalue weighted by molar-refractivity contribution is 5.79. The number of hydrogen-bond acceptors (Lipinski definition) is 4. The fourth-order valence-electron chi connectivity index (χ4n) is 3.90. The van der Waals surface area contributed by atoms with E-state index in [2.05, 4.69) is 5.32 Å². The van der Waals surface area contributed by atoms with Crippen molar-refractivity contribution in [2.24, 2.45) is 0 Å². The van der Waals surface area contributed by atoms with Crippen LogP contribution < -0.4 is 11.0 Å². The molecule has 1 aliphatic heterocycles. The number of amides is 1. The van der Waals surface area contributed by atoms with Gasteiger partial charge >= 0.3 is 11.7 Å². The van der Waals surface area contributed by atoms with Crippen molar-refractivity contribution in [2.45, 2.75) is 57.7 Å². The first kappa shape index (κ1) is 20.1. The zero-order valence-electron chi connectivity index (χ0n) is 16.1. The molecule has 0 unspecified atom stereocenters. The SMILES string of the molecule is CCCn1c(=O)n(CCC(=O)NC2(CC(=O)O)CCOCC2)c2ccccc21. The van der Waals surface area contributed by atoms with Crippen molar-refractivity contribution < 1.29 is 19.4 Å². The zero-order valence-corrected chi connectivity index (χ0v) is 16.1. The van der Waals surface area contributed by atoms with E-state index in [9.17, 15) is 19.5 Å². The molecule has 0 radical (unpaired) electrons. The Morgan fingerprint density at radius 2 is 1.75 bits per heavy atom. The molecule has 0 spiro atoms. The first-order valence-electron chi connectivity index (χ1n) is 9.74. The van der Waals surface area contributed by atoms with Gasteiger partial charge in [-0.3, -0.25) is 18.7 Å². The molecule has 0 atom stereocenters. The average Bonchev–Trinajstić information content (AvgIpc) is 2.92. The average molecular weight is 389 g/mol. The molecule has 3 rings (SSSR count). The molecule has 1 aliphatic rings. The second-order valence-corrected chi connectivity index (χ2v) is 7.34. The Morgan fingerprint density at radius 1 is 1.14 bits per heavy atom. The van der Waals surface area contributed by atoms with Gasteiger partial charge in [0, 0.05) is 32.7 Å². The highest BCUT2D eigenvalue weighted by Crippen LogP contribution is 2.25. The number of fused-ring (bicyclic) bond motifs is 1. The summed E-state index contributed by atoms with van der Waals surface area (Å²) in [6.07, 6.45) is 1.77. The van der Waals surface area contributed by atoms with Gasteiger partial charge in [0.05, 0.1) is 23.0 Å². The lowest BCUT2D eigenvalue weighted by molar-refractivity contribution is -0.140. The monoisotopic (exact) mass is 389 g/mol. The second-order valence-electron chi connectivity index (χ2n) is 7.34. The van der Waals surface area contributed by atoms with E-state index in [0.29, 0.717) is 32.6 Å². The van der Waals surface area contributed by atoms with Crippen LogP contribution in [0.4, 0.5) is 0 Å². The summed E-state index contributed by atoms with van der Waals surface area (Å²) in [5, 5.41) is 12.1. The Balaban J connectivity index is 1.75. The van der Waals surface area contributed by atoms with Crippen LogP contribution in [0, 0.1) is 0 Å². The number of carboxylic acids is 1. The number of carbonyl (C=O) groups excluding carboxylic acids is 1. The predicted octanol–water partition coefficient (Wildman–Crippen LogP) is 1.74. The molecule has 1 amide bonds. The summed E-state index contributed by atoms with van der Waals surface area (Å²) in [5.74, 6) is -1.19. The molecule has 1 aromatic heterocycles. The number of nitrogens with one attached hydrogen (secondary N) is 1. The van der Waals surface area contributed by atoms with Gasteiger partial charge in [-0.25, -0.2) is 4.79 Å². The smallest absolute Gasteiger partial charge is 0.329 e. The van der Waals surface area contributed by atoms with Crippen molar-refractivity contribution >= 4 is 22.9 Å². The molecule has 2 aromatic rings. The molecule has 0 bridgehead atoms. The highest BCUT2D eigenvalue weighted by atomic mass is 16.5. The maximum Gasteiger partial charge on any atom is 0.329 e. The molecular formula is C20H27N3O5. The van der Waals surface area contributed by atoms with Gasteiger partial charge < -0.3 is 15.2 Å². The van der Waals surface area contributed by atoms with Crippen molar-refractivity contribution in [2.75, 3.05) is 13.2 Å². The molecule has 0 aliphatic carbocycles. The van der Waals surface area contributed by atoms with Crippen molar-refractivity contribution in [3.8, 4) is 0 Å². The number of imidazole rings is 1. The zero-order chi connectivity index (χ0) is 20.1. The Bertz CT molecular complexity index is 908. The van der Waals surface area contributed by atoms with Crippen LogP contribution in [-0.4, -0.2) is 44.9 Å². The van der Waals surface area contributed by atoms with Gasteiger partial charge in [-0.05, 0) is 31.4 Å². The number of ether oxygens (including phenoxy) is 1. The van der Waals surface area contributed by atoms with Crippen LogP contribution >= 0.6 is 0 Å². The predicted molar refractivity (Wildman–Crippen MR) is 104 cm³/mol. The lowest BCUT2D eigenvalue weighted by atomic mass is 9.86. The highest BCUT2D eigenvalue weighted by Gasteiger charge is 2.36. The number of hydrogen-bond donors (Lipinski definition) is 2. The first-order valence-corrected chi connectivity index (χ1v) is 9.74. The summed E-state index contributed by atoms with van der Waals surface area (Å²) in [4.78, 5) is 36.6. The van der Waals surface area contributed by atoms with Crippen LogP contribution in [0.15, 0.2) is 29.1 Å². The summed E-state index contributed by atoms with van der Waals surface area (Å²) < 4.78 is 8.67. The number of carboxylic acid groups (broad SMARTS) is 1. The normalized spacial score (nSPS) is 16.2. The topological polar surface area (TPSA) is 103 Å². The Kier molecular flexibility index (Phi) is 6.18. The molecule has 0 saturated carbocycles. The summed E-state index contributed by atoms with van der Waals surface area (Å²) in [7, 11) is 0. The van der Waals surface area contributed by atoms with Gasteiger partial charge in [0.25, 0.3) is 0 Å². The summed E-state index contributed by atoms with van der Waals surface area (Å²) in [6, 6.07) is 7.56. The molecular weight excluding hydrogens is 362 g/mol. The molecule has 1 saturated heterocycles. The van der Waals surface area contributed by atoms with E-state index < -0.39 is 11.5 Å². The largest absolute Gasteiger partial charge is 0.481 e. The minimum Gasteiger partial charge on any atom is -0.481 e. The maximum atomic E-state index is 12.8. The number of rotatable bonds is 8. The van der Waals surface area contributed by atoms with Crippen molar-refractivity contribution in [1.29, 1.82) is 0 Å². The summed E-state index contributed by atoms with van der Waals surface area (Å²) >= 11 is 0. The van der Waals surface area contributed by atoms with Crippen molar-refractivity contribution in [3.63, 3.8) is 0 Å². The number of para-hydroxylation sites is 2. The van der Waals surface area contributed by atoms with Gasteiger partial charge in [-0.1, -0.05) is 19.1 Å². The third-order valence-electron chi connectivity index (χ3n) is 5.28. The van der Waals surface area contributed by atoms with Crippen molar-refractivity contribution in [3.05, 3.63) is 34.7 Å². The lowest BCUT2D eigenvalue weighted by Crippen LogP contribution is -2.53. The quantitative estimate of drug-likeness (QED) is 0.716. The fraction of sp³-hybridized carbons (Fsp3) is 0.550. The molecule has 8 heteroatoms. The van der Waals surface area contributed by atoms with E-state index in [1.54, 1.807) is 9.13 Å². The molecule has 1 aromatic carbocycles. The molecule has 152 valence electrons. The Labute approximate surface area is 163 Å². The van der Waals surface area contributed by atoms with Crippen LogP contribution in [0.25, 0.3) is 11.0 Å². The van der Waals surface area contributed by atoms with Crippen LogP contribution in [0.1, 0.15) is 39.0 Å². The molecule has 8 nitrogen and oxygen atoms in total. The van der Waals surface area contributed by atoms with Crippen LogP contribution in [0.5, 0.6) is 0 Å².